The predicted molar refractivity (Wildman–Crippen MR) is 106 cm³/mol. The Morgan fingerprint density at radius 2 is 0.905 bits per heavy atom. The van der Waals surface area contributed by atoms with Crippen LogP contribution in [-0.2, 0) is 0 Å². The number of benzene rings is 2. The second-order valence-corrected chi connectivity index (χ2v) is 9.19. The predicted octanol–water partition coefficient (Wildman–Crippen LogP) is 6.81. The molecule has 0 N–H and O–H groups in total. The summed E-state index contributed by atoms with van der Waals surface area (Å²) in [6.45, 7) is 0. The fourth-order valence-electron chi connectivity index (χ4n) is 1.66. The molecule has 0 aromatic heterocycles. The second-order valence-electron chi connectivity index (χ2n) is 4.12. The lowest BCUT2D eigenvalue weighted by atomic mass is 10.4. The highest BCUT2D eigenvalue weighted by atomic mass is 79.9. The van der Waals surface area contributed by atoms with Gasteiger partial charge < -0.3 is 0 Å². The van der Waals surface area contributed by atoms with E-state index in [0.717, 1.165) is 22.2 Å². The summed E-state index contributed by atoms with van der Waals surface area (Å²) in [7, 11) is 0. The Bertz CT molecular complexity index is 477. The third-order valence-corrected chi connectivity index (χ3v) is 7.46. The van der Waals surface area contributed by atoms with Crippen molar-refractivity contribution < 1.29 is 0 Å². The van der Waals surface area contributed by atoms with Gasteiger partial charge in [0.25, 0.3) is 0 Å². The van der Waals surface area contributed by atoms with E-state index in [1.165, 1.54) is 19.6 Å². The van der Waals surface area contributed by atoms with Gasteiger partial charge in [0.05, 0.1) is 0 Å². The van der Waals surface area contributed by atoms with Crippen molar-refractivity contribution in [2.24, 2.45) is 0 Å². The van der Waals surface area contributed by atoms with E-state index in [1.807, 2.05) is 35.3 Å². The lowest BCUT2D eigenvalue weighted by Crippen LogP contribution is -1.80. The lowest BCUT2D eigenvalue weighted by Gasteiger charge is -2.05. The highest BCUT2D eigenvalue weighted by Crippen LogP contribution is 2.31. The zero-order valence-electron chi connectivity index (χ0n) is 11.4. The molecule has 0 saturated heterocycles. The smallest absolute Gasteiger partial charge is 0.0126 e. The Morgan fingerprint density at radius 1 is 0.571 bits per heavy atom. The molecule has 0 radical (unpaired) electrons. The van der Waals surface area contributed by atoms with Gasteiger partial charge in [0.2, 0.25) is 0 Å². The summed E-state index contributed by atoms with van der Waals surface area (Å²) in [5.41, 5.74) is 0. The first-order chi connectivity index (χ1) is 10.3. The summed E-state index contributed by atoms with van der Waals surface area (Å²) in [4.78, 5) is 5.25. The van der Waals surface area contributed by atoms with Crippen molar-refractivity contribution in [1.82, 2.24) is 0 Å². The van der Waals surface area contributed by atoms with Crippen LogP contribution in [0.25, 0.3) is 0 Å². The first-order valence-corrected chi connectivity index (χ1v) is 11.6. The molecule has 0 unspecified atom stereocenters. The van der Waals surface area contributed by atoms with E-state index in [0.29, 0.717) is 0 Å². The van der Waals surface area contributed by atoms with Crippen LogP contribution in [0.5, 0.6) is 0 Å². The van der Waals surface area contributed by atoms with E-state index < -0.39 is 0 Å². The average Bonchev–Trinajstić information content (AvgIpc) is 2.53. The molecule has 0 nitrogen and oxygen atoms in total. The molecule has 0 heterocycles. The van der Waals surface area contributed by atoms with Crippen LogP contribution >= 0.6 is 67.1 Å². The number of alkyl halides is 2. The van der Waals surface area contributed by atoms with E-state index in [9.17, 15) is 0 Å². The van der Waals surface area contributed by atoms with Gasteiger partial charge in [0.1, 0.15) is 0 Å². The van der Waals surface area contributed by atoms with Crippen molar-refractivity contribution in [3.05, 3.63) is 48.5 Å². The molecule has 5 heteroatoms. The largest absolute Gasteiger partial charge is 0.125 e. The molecule has 0 bridgehead atoms. The number of hydrogen-bond acceptors (Lipinski definition) is 3. The van der Waals surface area contributed by atoms with Crippen LogP contribution in [0.4, 0.5) is 0 Å². The fourth-order valence-corrected chi connectivity index (χ4v) is 4.73. The topological polar surface area (TPSA) is 0 Å². The minimum Gasteiger partial charge on any atom is -0.125 e. The van der Waals surface area contributed by atoms with Gasteiger partial charge in [-0.1, -0.05) is 43.6 Å². The van der Waals surface area contributed by atoms with Crippen LogP contribution in [0.3, 0.4) is 0 Å². The quantitative estimate of drug-likeness (QED) is 0.311. The standard InChI is InChI=1S/C16H16Br2S3/c17-9-11-19-13-1-5-15(6-2-13)21-16-7-3-14(4-8-16)20-12-10-18/h1-8H,9-12H2. The summed E-state index contributed by atoms with van der Waals surface area (Å²) >= 11 is 12.5. The normalized spacial score (nSPS) is 10.8. The molecule has 0 atom stereocenters. The SMILES string of the molecule is BrCCSc1ccc(Sc2ccc(SCCBr)cc2)cc1. The van der Waals surface area contributed by atoms with Crippen molar-refractivity contribution in [2.45, 2.75) is 19.6 Å². The highest BCUT2D eigenvalue weighted by Gasteiger charge is 2.00. The van der Waals surface area contributed by atoms with Gasteiger partial charge in [0, 0.05) is 41.7 Å². The van der Waals surface area contributed by atoms with Crippen LogP contribution in [0.2, 0.25) is 0 Å². The molecule has 0 aliphatic heterocycles. The molecule has 0 saturated carbocycles. The fraction of sp³-hybridized carbons (Fsp3) is 0.250. The summed E-state index contributed by atoms with van der Waals surface area (Å²) < 4.78 is 0. The molecular weight excluding hydrogens is 448 g/mol. The average molecular weight is 464 g/mol. The molecule has 2 aromatic carbocycles. The number of halogens is 2. The van der Waals surface area contributed by atoms with E-state index in [1.54, 1.807) is 0 Å². The lowest BCUT2D eigenvalue weighted by molar-refractivity contribution is 1.31. The van der Waals surface area contributed by atoms with Crippen molar-refractivity contribution in [3.8, 4) is 0 Å². The van der Waals surface area contributed by atoms with Crippen LogP contribution in [0.15, 0.2) is 68.1 Å². The first kappa shape index (κ1) is 17.8. The Morgan fingerprint density at radius 3 is 1.24 bits per heavy atom. The molecule has 0 amide bonds. The molecule has 112 valence electrons. The van der Waals surface area contributed by atoms with Crippen LogP contribution < -0.4 is 0 Å². The Hall–Kier alpha value is 0.450. The Kier molecular flexibility index (Phi) is 8.70. The third kappa shape index (κ3) is 6.61. The molecule has 21 heavy (non-hydrogen) atoms. The summed E-state index contributed by atoms with van der Waals surface area (Å²) in [5, 5.41) is 2.07. The number of rotatable bonds is 8. The van der Waals surface area contributed by atoms with Gasteiger partial charge in [-0.3, -0.25) is 0 Å². The molecule has 2 aromatic rings. The summed E-state index contributed by atoms with van der Waals surface area (Å²) in [6, 6.07) is 17.6. The number of thioether (sulfide) groups is 2. The monoisotopic (exact) mass is 462 g/mol. The maximum atomic E-state index is 3.46. The van der Waals surface area contributed by atoms with Crippen LogP contribution in [0, 0.1) is 0 Å². The minimum atomic E-state index is 1.04. The highest BCUT2D eigenvalue weighted by molar-refractivity contribution is 9.09. The summed E-state index contributed by atoms with van der Waals surface area (Å²) in [5.74, 6) is 2.22. The van der Waals surface area contributed by atoms with E-state index in [4.69, 9.17) is 0 Å². The van der Waals surface area contributed by atoms with Crippen molar-refractivity contribution in [1.29, 1.82) is 0 Å². The maximum Gasteiger partial charge on any atom is 0.0126 e. The van der Waals surface area contributed by atoms with Gasteiger partial charge >= 0.3 is 0 Å². The van der Waals surface area contributed by atoms with Crippen LogP contribution in [0.1, 0.15) is 0 Å². The molecule has 0 fully saturated rings. The van der Waals surface area contributed by atoms with E-state index in [-0.39, 0.29) is 0 Å². The molecule has 0 aliphatic carbocycles. The zero-order valence-corrected chi connectivity index (χ0v) is 17.0. The molecule has 0 aliphatic rings. The van der Waals surface area contributed by atoms with Crippen LogP contribution in [-0.4, -0.2) is 22.2 Å². The van der Waals surface area contributed by atoms with Crippen molar-refractivity contribution in [2.75, 3.05) is 22.2 Å². The zero-order chi connectivity index (χ0) is 14.9. The first-order valence-electron chi connectivity index (χ1n) is 6.57. The molecule has 0 spiro atoms. The van der Waals surface area contributed by atoms with Gasteiger partial charge in [-0.25, -0.2) is 0 Å². The van der Waals surface area contributed by atoms with Gasteiger partial charge in [-0.2, -0.15) is 0 Å². The van der Waals surface area contributed by atoms with Gasteiger partial charge in [-0.15, -0.1) is 23.5 Å². The van der Waals surface area contributed by atoms with E-state index in [2.05, 4.69) is 80.4 Å². The van der Waals surface area contributed by atoms with Crippen molar-refractivity contribution in [3.63, 3.8) is 0 Å². The van der Waals surface area contributed by atoms with E-state index >= 15 is 0 Å². The Labute approximate surface area is 156 Å². The summed E-state index contributed by atoms with van der Waals surface area (Å²) in [6.07, 6.45) is 0. The Balaban J connectivity index is 1.91. The molecule has 2 rings (SSSR count). The second kappa shape index (κ2) is 10.3. The maximum absolute atomic E-state index is 3.46. The third-order valence-electron chi connectivity index (χ3n) is 2.57. The van der Waals surface area contributed by atoms with Gasteiger partial charge in [-0.05, 0) is 48.5 Å². The molecular formula is C16H16Br2S3. The van der Waals surface area contributed by atoms with Crippen molar-refractivity contribution >= 4 is 67.1 Å². The number of hydrogen-bond donors (Lipinski definition) is 0. The van der Waals surface area contributed by atoms with Gasteiger partial charge in [0.15, 0.2) is 0 Å². The minimum absolute atomic E-state index is 1.04.